The molecular weight excluding hydrogens is 264 g/mol. The zero-order valence-corrected chi connectivity index (χ0v) is 9.84. The van der Waals surface area contributed by atoms with Crippen molar-refractivity contribution in [3.05, 3.63) is 0 Å². The van der Waals surface area contributed by atoms with Crippen molar-refractivity contribution in [2.45, 2.75) is 25.2 Å². The van der Waals surface area contributed by atoms with Crippen LogP contribution in [-0.4, -0.2) is 37.9 Å². The predicted octanol–water partition coefficient (Wildman–Crippen LogP) is 1.42. The summed E-state index contributed by atoms with van der Waals surface area (Å²) in [5.41, 5.74) is 0. The molecule has 1 fully saturated rings. The zero-order valence-electron chi connectivity index (χ0n) is 9.02. The van der Waals surface area contributed by atoms with Gasteiger partial charge in [0.1, 0.15) is 0 Å². The maximum atomic E-state index is 12.4. The van der Waals surface area contributed by atoms with E-state index in [-0.39, 0.29) is 19.0 Å². The van der Waals surface area contributed by atoms with E-state index in [4.69, 9.17) is 0 Å². The summed E-state index contributed by atoms with van der Waals surface area (Å²) in [6.07, 6.45) is -1.54. The first kappa shape index (κ1) is 16.4. The lowest BCUT2D eigenvalue weighted by atomic mass is 10.3. The van der Waals surface area contributed by atoms with Crippen LogP contribution in [0.5, 0.6) is 0 Å². The van der Waals surface area contributed by atoms with Crippen molar-refractivity contribution in [2.75, 3.05) is 19.6 Å². The van der Waals surface area contributed by atoms with E-state index in [2.05, 4.69) is 5.32 Å². The van der Waals surface area contributed by atoms with E-state index in [9.17, 15) is 22.4 Å². The summed E-state index contributed by atoms with van der Waals surface area (Å²) in [7, 11) is 0. The maximum Gasteiger partial charge on any atom is 0.324 e. The first-order chi connectivity index (χ1) is 7.42. The van der Waals surface area contributed by atoms with E-state index in [1.165, 1.54) is 0 Å². The average molecular weight is 279 g/mol. The Morgan fingerprint density at radius 3 is 2.41 bits per heavy atom. The summed E-state index contributed by atoms with van der Waals surface area (Å²) in [6, 6.07) is 0. The minimum atomic E-state index is -4.16. The molecule has 3 nitrogen and oxygen atoms in total. The summed E-state index contributed by atoms with van der Waals surface area (Å²) in [6.45, 7) is -0.775. The van der Waals surface area contributed by atoms with E-state index < -0.39 is 24.8 Å². The molecule has 0 atom stereocenters. The second kappa shape index (κ2) is 7.00. The molecule has 0 aromatic heterocycles. The van der Waals surface area contributed by atoms with E-state index in [0.29, 0.717) is 12.5 Å². The second-order valence-corrected chi connectivity index (χ2v) is 3.91. The van der Waals surface area contributed by atoms with Crippen molar-refractivity contribution in [3.63, 3.8) is 0 Å². The third-order valence-electron chi connectivity index (χ3n) is 2.26. The molecule has 1 aliphatic rings. The van der Waals surface area contributed by atoms with Crippen LogP contribution in [0, 0.1) is 5.92 Å². The standard InChI is InChI=1S/C9H14F4N2O.ClH/c10-8(11)9(12,13)5-15-7(16)4-14-3-6-1-2-6;/h6,8,14H,1-5H2,(H,15,16);1H. The Hall–Kier alpha value is -0.560. The number of carbonyl (C=O) groups is 1. The number of hydrogen-bond acceptors (Lipinski definition) is 2. The molecule has 102 valence electrons. The summed E-state index contributed by atoms with van der Waals surface area (Å²) in [5.74, 6) is -4.29. The fourth-order valence-corrected chi connectivity index (χ4v) is 1.07. The molecule has 1 amide bonds. The van der Waals surface area contributed by atoms with Gasteiger partial charge in [0.05, 0.1) is 13.1 Å². The van der Waals surface area contributed by atoms with Gasteiger partial charge in [0, 0.05) is 0 Å². The zero-order chi connectivity index (χ0) is 12.2. The average Bonchev–Trinajstić information content (AvgIpc) is 2.98. The highest BCUT2D eigenvalue weighted by atomic mass is 35.5. The molecule has 0 saturated heterocycles. The van der Waals surface area contributed by atoms with Gasteiger partial charge in [-0.1, -0.05) is 0 Å². The van der Waals surface area contributed by atoms with Gasteiger partial charge in [-0.3, -0.25) is 4.79 Å². The highest BCUT2D eigenvalue weighted by Gasteiger charge is 2.40. The molecule has 8 heteroatoms. The third kappa shape index (κ3) is 6.68. The van der Waals surface area contributed by atoms with Crippen molar-refractivity contribution in [1.82, 2.24) is 10.6 Å². The number of carbonyl (C=O) groups excluding carboxylic acids is 1. The highest BCUT2D eigenvalue weighted by Crippen LogP contribution is 2.27. The van der Waals surface area contributed by atoms with Gasteiger partial charge in [0.2, 0.25) is 5.91 Å². The minimum absolute atomic E-state index is 0. The van der Waals surface area contributed by atoms with E-state index >= 15 is 0 Å². The number of amides is 1. The van der Waals surface area contributed by atoms with Gasteiger partial charge < -0.3 is 10.6 Å². The molecule has 0 aromatic rings. The van der Waals surface area contributed by atoms with Gasteiger partial charge in [-0.15, -0.1) is 12.4 Å². The number of hydrogen-bond donors (Lipinski definition) is 2. The van der Waals surface area contributed by atoms with Gasteiger partial charge in [-0.25, -0.2) is 8.78 Å². The first-order valence-electron chi connectivity index (χ1n) is 5.05. The predicted molar refractivity (Wildman–Crippen MR) is 56.8 cm³/mol. The molecular formula is C9H15ClF4N2O. The van der Waals surface area contributed by atoms with Gasteiger partial charge in [-0.2, -0.15) is 8.78 Å². The van der Waals surface area contributed by atoms with Gasteiger partial charge in [0.25, 0.3) is 0 Å². The van der Waals surface area contributed by atoms with Crippen LogP contribution in [0.4, 0.5) is 17.6 Å². The fraction of sp³-hybridized carbons (Fsp3) is 0.889. The first-order valence-corrected chi connectivity index (χ1v) is 5.05. The normalized spacial score (nSPS) is 15.6. The molecule has 1 saturated carbocycles. The molecule has 1 aliphatic carbocycles. The minimum Gasteiger partial charge on any atom is -0.349 e. The number of halogens is 5. The molecule has 0 spiro atoms. The summed E-state index contributed by atoms with van der Waals surface area (Å²) in [4.78, 5) is 11.0. The Kier molecular flexibility index (Phi) is 6.77. The van der Waals surface area contributed by atoms with Crippen molar-refractivity contribution in [3.8, 4) is 0 Å². The number of alkyl halides is 4. The van der Waals surface area contributed by atoms with Crippen LogP contribution in [0.15, 0.2) is 0 Å². The van der Waals surface area contributed by atoms with Crippen LogP contribution < -0.4 is 10.6 Å². The Bertz CT molecular complexity index is 249. The van der Waals surface area contributed by atoms with Crippen LogP contribution >= 0.6 is 12.4 Å². The lowest BCUT2D eigenvalue weighted by Gasteiger charge is -2.15. The van der Waals surface area contributed by atoms with Gasteiger partial charge in [-0.05, 0) is 25.3 Å². The van der Waals surface area contributed by atoms with Crippen LogP contribution in [0.25, 0.3) is 0 Å². The molecule has 0 aromatic carbocycles. The lowest BCUT2D eigenvalue weighted by molar-refractivity contribution is -0.136. The Balaban J connectivity index is 0.00000256. The second-order valence-electron chi connectivity index (χ2n) is 3.91. The Morgan fingerprint density at radius 2 is 1.94 bits per heavy atom. The third-order valence-corrected chi connectivity index (χ3v) is 2.26. The van der Waals surface area contributed by atoms with E-state index in [1.54, 1.807) is 5.32 Å². The highest BCUT2D eigenvalue weighted by molar-refractivity contribution is 5.85. The van der Waals surface area contributed by atoms with Crippen molar-refractivity contribution < 1.29 is 22.4 Å². The number of nitrogens with one attached hydrogen (secondary N) is 2. The van der Waals surface area contributed by atoms with Gasteiger partial charge >= 0.3 is 12.3 Å². The van der Waals surface area contributed by atoms with E-state index in [1.807, 2.05) is 0 Å². The van der Waals surface area contributed by atoms with Crippen LogP contribution in [0.1, 0.15) is 12.8 Å². The lowest BCUT2D eigenvalue weighted by Crippen LogP contribution is -2.44. The molecule has 0 radical (unpaired) electrons. The molecule has 0 unspecified atom stereocenters. The molecule has 0 heterocycles. The smallest absolute Gasteiger partial charge is 0.324 e. The van der Waals surface area contributed by atoms with E-state index in [0.717, 1.165) is 12.8 Å². The number of rotatable bonds is 7. The quantitative estimate of drug-likeness (QED) is 0.692. The fourth-order valence-electron chi connectivity index (χ4n) is 1.07. The van der Waals surface area contributed by atoms with Crippen molar-refractivity contribution in [2.24, 2.45) is 5.92 Å². The van der Waals surface area contributed by atoms with Crippen LogP contribution in [-0.2, 0) is 4.79 Å². The Morgan fingerprint density at radius 1 is 1.35 bits per heavy atom. The Labute approximate surface area is 103 Å². The molecule has 0 bridgehead atoms. The van der Waals surface area contributed by atoms with Crippen molar-refractivity contribution in [1.29, 1.82) is 0 Å². The monoisotopic (exact) mass is 278 g/mol. The summed E-state index contributed by atoms with van der Waals surface area (Å²) >= 11 is 0. The molecule has 0 aliphatic heterocycles. The van der Waals surface area contributed by atoms with Gasteiger partial charge in [0.15, 0.2) is 0 Å². The topological polar surface area (TPSA) is 41.1 Å². The maximum absolute atomic E-state index is 12.4. The summed E-state index contributed by atoms with van der Waals surface area (Å²) < 4.78 is 48.2. The summed E-state index contributed by atoms with van der Waals surface area (Å²) in [5, 5.41) is 4.54. The SMILES string of the molecule is Cl.O=C(CNCC1CC1)NCC(F)(F)C(F)F. The largest absolute Gasteiger partial charge is 0.349 e. The molecule has 2 N–H and O–H groups in total. The van der Waals surface area contributed by atoms with Crippen LogP contribution in [0.3, 0.4) is 0 Å². The van der Waals surface area contributed by atoms with Crippen molar-refractivity contribution >= 4 is 18.3 Å². The van der Waals surface area contributed by atoms with Crippen LogP contribution in [0.2, 0.25) is 0 Å². The molecule has 17 heavy (non-hydrogen) atoms. The molecule has 1 rings (SSSR count).